The van der Waals surface area contributed by atoms with E-state index in [0.717, 1.165) is 16.7 Å². The molecule has 0 saturated carbocycles. The molecule has 1 aromatic rings. The number of rotatable bonds is 8. The van der Waals surface area contributed by atoms with Gasteiger partial charge >= 0.3 is 35.7 Å². The Morgan fingerprint density at radius 2 is 2.09 bits per heavy atom. The standard InChI is InChI=1S/C14H15F3N6O5S3.Na/c1-22-13(19-20-21-22)30-3-6-2-29-11-8(10(25)23(11)9(6)12(26)27)18-7(24)4-31(28)5-14(15,16)17;/h8,11H,2-5H2,1H3,(H,18,24)(H,26,27);/q;+1/p-1/t8-,11-,31?;/m1./s1. The summed E-state index contributed by atoms with van der Waals surface area (Å²) in [6.07, 6.45) is -4.68. The van der Waals surface area contributed by atoms with Gasteiger partial charge in [0.25, 0.3) is 5.91 Å². The zero-order valence-corrected chi connectivity index (χ0v) is 21.1. The van der Waals surface area contributed by atoms with Crippen molar-refractivity contribution in [3.8, 4) is 0 Å². The van der Waals surface area contributed by atoms with Crippen molar-refractivity contribution in [1.82, 2.24) is 30.4 Å². The van der Waals surface area contributed by atoms with Gasteiger partial charge in [-0.25, -0.2) is 4.68 Å². The fourth-order valence-corrected chi connectivity index (χ4v) is 6.05. The third-order valence-electron chi connectivity index (χ3n) is 4.13. The number of tetrazole rings is 1. The number of amides is 2. The molecule has 0 aromatic carbocycles. The topological polar surface area (TPSA) is 150 Å². The summed E-state index contributed by atoms with van der Waals surface area (Å²) in [5, 5.41) is 24.5. The van der Waals surface area contributed by atoms with Crippen LogP contribution in [-0.4, -0.2) is 87.7 Å². The van der Waals surface area contributed by atoms with E-state index in [1.807, 2.05) is 0 Å². The third-order valence-corrected chi connectivity index (χ3v) is 7.80. The zero-order valence-electron chi connectivity index (χ0n) is 16.6. The van der Waals surface area contributed by atoms with Gasteiger partial charge in [0.2, 0.25) is 11.1 Å². The number of hydrogen-bond acceptors (Lipinski definition) is 10. The van der Waals surface area contributed by atoms with Crippen LogP contribution in [0.4, 0.5) is 13.2 Å². The Hall–Kier alpha value is -1.14. The van der Waals surface area contributed by atoms with Crippen LogP contribution >= 0.6 is 23.5 Å². The number of hydrogen-bond donors (Lipinski definition) is 1. The van der Waals surface area contributed by atoms with E-state index in [9.17, 15) is 36.9 Å². The third kappa shape index (κ3) is 6.25. The number of aryl methyl sites for hydroxylation is 1. The van der Waals surface area contributed by atoms with Crippen molar-refractivity contribution in [3.05, 3.63) is 11.3 Å². The largest absolute Gasteiger partial charge is 1.00 e. The first-order valence-electron chi connectivity index (χ1n) is 8.42. The number of halogens is 3. The Balaban J connectivity index is 0.00000363. The predicted molar refractivity (Wildman–Crippen MR) is 101 cm³/mol. The van der Waals surface area contributed by atoms with E-state index in [2.05, 4.69) is 20.8 Å². The number of thioether (sulfide) groups is 2. The van der Waals surface area contributed by atoms with Crippen LogP contribution in [0.2, 0.25) is 0 Å². The fraction of sp³-hybridized carbons (Fsp3) is 0.571. The fourth-order valence-electron chi connectivity index (χ4n) is 2.87. The molecule has 1 saturated heterocycles. The Labute approximate surface area is 212 Å². The smallest absolute Gasteiger partial charge is 0.543 e. The second kappa shape index (κ2) is 10.9. The minimum absolute atomic E-state index is 0. The molecular weight excluding hydrogens is 508 g/mol. The van der Waals surface area contributed by atoms with Crippen molar-refractivity contribution in [2.75, 3.05) is 23.0 Å². The molecule has 11 nitrogen and oxygen atoms in total. The van der Waals surface area contributed by atoms with Gasteiger partial charge in [0, 0.05) is 29.4 Å². The molecule has 32 heavy (non-hydrogen) atoms. The average molecular weight is 522 g/mol. The first-order valence-corrected chi connectivity index (χ1v) is 11.9. The van der Waals surface area contributed by atoms with Gasteiger partial charge in [-0.2, -0.15) is 13.2 Å². The summed E-state index contributed by atoms with van der Waals surface area (Å²) in [7, 11) is -0.870. The van der Waals surface area contributed by atoms with Crippen LogP contribution in [0.5, 0.6) is 0 Å². The minimum atomic E-state index is -4.68. The number of nitrogens with one attached hydrogen (secondary N) is 1. The number of nitrogens with zero attached hydrogens (tertiary/aromatic N) is 5. The first-order chi connectivity index (χ1) is 14.5. The van der Waals surface area contributed by atoms with Crippen molar-refractivity contribution >= 4 is 52.1 Å². The molecule has 18 heteroatoms. The van der Waals surface area contributed by atoms with E-state index in [-0.39, 0.29) is 46.8 Å². The predicted octanol–water partition coefficient (Wildman–Crippen LogP) is -4.98. The summed E-state index contributed by atoms with van der Waals surface area (Å²) < 4.78 is 49.5. The van der Waals surface area contributed by atoms with Gasteiger partial charge < -0.3 is 15.2 Å². The Morgan fingerprint density at radius 3 is 2.66 bits per heavy atom. The number of carboxylic acids is 1. The maximum absolute atomic E-state index is 12.5. The van der Waals surface area contributed by atoms with Crippen molar-refractivity contribution in [2.45, 2.75) is 22.7 Å². The quantitative estimate of drug-likeness (QED) is 0.200. The number of β-lactam (4-membered cyclic amide) rings is 1. The summed E-state index contributed by atoms with van der Waals surface area (Å²) in [6.45, 7) is 0. The van der Waals surface area contributed by atoms with E-state index < -0.39 is 57.7 Å². The first kappa shape index (κ1) is 27.1. The molecule has 170 valence electrons. The van der Waals surface area contributed by atoms with Crippen molar-refractivity contribution < 1.29 is 66.4 Å². The maximum atomic E-state index is 12.5. The molecule has 3 atom stereocenters. The molecule has 3 heterocycles. The van der Waals surface area contributed by atoms with Crippen LogP contribution in [0, 0.1) is 0 Å². The van der Waals surface area contributed by atoms with E-state index in [1.54, 1.807) is 7.05 Å². The van der Waals surface area contributed by atoms with Gasteiger partial charge in [0.05, 0.1) is 11.7 Å². The van der Waals surface area contributed by atoms with Crippen LogP contribution in [0.1, 0.15) is 0 Å². The Morgan fingerprint density at radius 1 is 1.41 bits per heavy atom. The SMILES string of the molecule is Cn1nnnc1SCC1=C(C(=O)[O-])N2C(=O)[C@@H](NC(=O)CS(=O)CC(F)(F)F)[C@H]2SC1.[Na+]. The molecule has 1 N–H and O–H groups in total. The number of fused-ring (bicyclic) bond motifs is 1. The molecule has 0 aliphatic carbocycles. The number of carbonyl (C=O) groups is 3. The molecule has 0 bridgehead atoms. The number of carboxylic acid groups (broad SMARTS) is 1. The van der Waals surface area contributed by atoms with Crippen LogP contribution in [0.15, 0.2) is 16.4 Å². The summed E-state index contributed by atoms with van der Waals surface area (Å²) >= 11 is 2.34. The van der Waals surface area contributed by atoms with Gasteiger partial charge in [-0.15, -0.1) is 16.9 Å². The van der Waals surface area contributed by atoms with E-state index >= 15 is 0 Å². The summed E-state index contributed by atoms with van der Waals surface area (Å²) in [4.78, 5) is 37.0. The van der Waals surface area contributed by atoms with Crippen molar-refractivity contribution in [1.29, 1.82) is 0 Å². The molecule has 1 aromatic heterocycles. The van der Waals surface area contributed by atoms with Gasteiger partial charge in [0.1, 0.15) is 22.9 Å². The van der Waals surface area contributed by atoms with Crippen LogP contribution in [0.3, 0.4) is 0 Å². The normalized spacial score (nSPS) is 21.4. The number of aromatic nitrogens is 4. The number of alkyl halides is 3. The van der Waals surface area contributed by atoms with Gasteiger partial charge in [-0.05, 0) is 16.0 Å². The molecule has 2 aliphatic heterocycles. The van der Waals surface area contributed by atoms with Gasteiger partial charge in [-0.1, -0.05) is 11.8 Å². The van der Waals surface area contributed by atoms with Crippen molar-refractivity contribution in [3.63, 3.8) is 0 Å². The van der Waals surface area contributed by atoms with E-state index in [0.29, 0.717) is 10.7 Å². The summed E-state index contributed by atoms with van der Waals surface area (Å²) in [6, 6.07) is -1.13. The Bertz CT molecular complexity index is 974. The monoisotopic (exact) mass is 522 g/mol. The molecule has 1 unspecified atom stereocenters. The van der Waals surface area contributed by atoms with E-state index in [4.69, 9.17) is 0 Å². The van der Waals surface area contributed by atoms with Crippen LogP contribution in [0.25, 0.3) is 0 Å². The zero-order chi connectivity index (χ0) is 22.9. The second-order valence-corrected chi connectivity index (χ2v) is 9.92. The second-order valence-electron chi connectivity index (χ2n) is 6.41. The molecule has 0 spiro atoms. The van der Waals surface area contributed by atoms with Gasteiger partial charge in [0.15, 0.2) is 0 Å². The molecule has 0 radical (unpaired) electrons. The van der Waals surface area contributed by atoms with Crippen LogP contribution in [-0.2, 0) is 32.2 Å². The molecule has 2 aliphatic rings. The van der Waals surface area contributed by atoms with Crippen molar-refractivity contribution in [2.24, 2.45) is 7.05 Å². The molecular formula is C14H14F3N6NaO5S3. The Kier molecular flexibility index (Phi) is 9.20. The van der Waals surface area contributed by atoms with Gasteiger partial charge in [-0.3, -0.25) is 18.7 Å². The molecule has 2 amide bonds. The number of carbonyl (C=O) groups excluding carboxylic acids is 3. The number of aliphatic carboxylic acids is 1. The average Bonchev–Trinajstić information content (AvgIpc) is 3.06. The summed E-state index contributed by atoms with van der Waals surface area (Å²) in [5.41, 5.74) is 0.0844. The summed E-state index contributed by atoms with van der Waals surface area (Å²) in [5.74, 6) is -5.47. The van der Waals surface area contributed by atoms with E-state index in [1.165, 1.54) is 16.4 Å². The molecule has 1 fully saturated rings. The maximum Gasteiger partial charge on any atom is 1.00 e. The molecule has 3 rings (SSSR count). The minimum Gasteiger partial charge on any atom is -0.543 e. The van der Waals surface area contributed by atoms with Crippen LogP contribution < -0.4 is 40.0 Å².